The Morgan fingerprint density at radius 2 is 1.74 bits per heavy atom. The Balaban J connectivity index is 1.27. The van der Waals surface area contributed by atoms with E-state index in [2.05, 4.69) is 25.2 Å². The first-order valence-electron chi connectivity index (χ1n) is 17.2. The van der Waals surface area contributed by atoms with E-state index in [-0.39, 0.29) is 39.2 Å². The third kappa shape index (κ3) is 6.95. The highest BCUT2D eigenvalue weighted by Crippen LogP contribution is 2.68. The van der Waals surface area contributed by atoms with Gasteiger partial charge < -0.3 is 10.4 Å². The average Bonchev–Trinajstić information content (AvgIpc) is 4.02. The second-order valence-electron chi connectivity index (χ2n) is 14.0. The van der Waals surface area contributed by atoms with Crippen molar-refractivity contribution in [3.63, 3.8) is 0 Å². The number of aromatic hydroxyl groups is 1. The molecule has 3 atom stereocenters. The van der Waals surface area contributed by atoms with Crippen LogP contribution in [-0.2, 0) is 40.3 Å². The summed E-state index contributed by atoms with van der Waals surface area (Å²) in [7, 11) is -4.06. The van der Waals surface area contributed by atoms with Crippen molar-refractivity contribution in [3.8, 4) is 11.6 Å². The topological polar surface area (TPSA) is 166 Å². The Bertz CT molecular complexity index is 2630. The molecule has 3 aliphatic carbocycles. The van der Waals surface area contributed by atoms with Crippen molar-refractivity contribution in [1.82, 2.24) is 34.4 Å². The summed E-state index contributed by atoms with van der Waals surface area (Å²) < 4.78 is 145. The summed E-state index contributed by atoms with van der Waals surface area (Å²) in [6.07, 6.45) is -6.38. The first-order valence-corrected chi connectivity index (χ1v) is 19.1. The zero-order valence-corrected chi connectivity index (χ0v) is 30.3. The van der Waals surface area contributed by atoms with E-state index in [0.717, 1.165) is 18.2 Å². The van der Waals surface area contributed by atoms with Crippen LogP contribution in [0.3, 0.4) is 0 Å². The van der Waals surface area contributed by atoms with Crippen LogP contribution in [-0.4, -0.2) is 60.2 Å². The molecule has 0 unspecified atom stereocenters. The molecule has 2 fully saturated rings. The third-order valence-electron chi connectivity index (χ3n) is 9.98. The molecule has 0 bridgehead atoms. The van der Waals surface area contributed by atoms with Crippen LogP contribution in [0, 0.1) is 17.6 Å². The number of halogens is 9. The number of anilines is 1. The van der Waals surface area contributed by atoms with Gasteiger partial charge in [-0.1, -0.05) is 11.6 Å². The van der Waals surface area contributed by atoms with Gasteiger partial charge in [0.1, 0.15) is 41.9 Å². The van der Waals surface area contributed by atoms with E-state index >= 15 is 8.78 Å². The molecule has 5 aromatic rings. The Kier molecular flexibility index (Phi) is 9.28. The predicted molar refractivity (Wildman–Crippen MR) is 184 cm³/mol. The van der Waals surface area contributed by atoms with Gasteiger partial charge in [-0.05, 0) is 55.0 Å². The minimum atomic E-state index is -4.06. The lowest BCUT2D eigenvalue weighted by atomic mass is 10.0. The number of rotatable bonds is 13. The quantitative estimate of drug-likeness (QED) is 0.125. The van der Waals surface area contributed by atoms with Gasteiger partial charge in [-0.25, -0.2) is 34.8 Å². The van der Waals surface area contributed by atoms with Gasteiger partial charge >= 0.3 is 0 Å². The molecule has 0 aliphatic heterocycles. The number of alkyl halides is 6. The Labute approximate surface area is 320 Å². The fraction of sp³-hybridized carbons (Fsp3) is 0.382. The van der Waals surface area contributed by atoms with Crippen molar-refractivity contribution in [2.45, 2.75) is 74.8 Å². The fourth-order valence-corrected chi connectivity index (χ4v) is 9.04. The summed E-state index contributed by atoms with van der Waals surface area (Å²) in [4.78, 5) is 31.6. The van der Waals surface area contributed by atoms with Crippen molar-refractivity contribution in [2.75, 3.05) is 4.72 Å². The molecule has 302 valence electrons. The van der Waals surface area contributed by atoms with Gasteiger partial charge in [-0.15, -0.1) is 0 Å². The maximum Gasteiger partial charge on any atom is 0.293 e. The maximum absolute atomic E-state index is 15.3. The lowest BCUT2D eigenvalue weighted by molar-refractivity contribution is -0.123. The molecule has 2 aromatic carbocycles. The fourth-order valence-electron chi connectivity index (χ4n) is 7.46. The molecule has 0 saturated heterocycles. The normalized spacial score (nSPS) is 18.9. The average molecular weight is 847 g/mol. The van der Waals surface area contributed by atoms with Crippen LogP contribution in [0.25, 0.3) is 16.6 Å². The van der Waals surface area contributed by atoms with Gasteiger partial charge in [-0.3, -0.25) is 28.2 Å². The van der Waals surface area contributed by atoms with Gasteiger partial charge in [-0.2, -0.15) is 24.0 Å². The summed E-state index contributed by atoms with van der Waals surface area (Å²) in [5.41, 5.74) is -4.12. The lowest BCUT2D eigenvalue weighted by Gasteiger charge is -2.23. The van der Waals surface area contributed by atoms with Gasteiger partial charge in [0.2, 0.25) is 21.8 Å². The number of hydrogen-bond acceptors (Lipinski definition) is 8. The molecule has 3 N–H and O–H groups in total. The van der Waals surface area contributed by atoms with Crippen LogP contribution in [0.4, 0.5) is 40.9 Å². The van der Waals surface area contributed by atoms with Crippen LogP contribution in [0.15, 0.2) is 41.2 Å². The minimum Gasteiger partial charge on any atom is -0.493 e. The summed E-state index contributed by atoms with van der Waals surface area (Å²) in [6, 6.07) is 3.43. The zero-order valence-electron chi connectivity index (χ0n) is 28.7. The highest BCUT2D eigenvalue weighted by Gasteiger charge is 2.67. The van der Waals surface area contributed by atoms with E-state index in [9.17, 15) is 49.5 Å². The molecule has 1 amide bonds. The summed E-state index contributed by atoms with van der Waals surface area (Å²) in [5.74, 6) is -11.1. The van der Waals surface area contributed by atoms with E-state index < -0.39 is 123 Å². The number of fused-ring (bicyclic) bond motifs is 4. The molecule has 0 radical (unpaired) electrons. The monoisotopic (exact) mass is 846 g/mol. The SMILES string of the molecule is O=C(Cn1nc(C(F)F)c2c1C(F)(F)[C@@H]1C[C@H]21)N[C@@H](Cc1cc(F)cc(F)c1)c1nc(O)cc(=O)n1-c1ccc(Cl)c2c(NS(=O)(=O)C3CC3)nn(CC(F)F)c12. The number of aromatic nitrogens is 6. The second kappa shape index (κ2) is 13.7. The highest BCUT2D eigenvalue weighted by molar-refractivity contribution is 7.93. The van der Waals surface area contributed by atoms with E-state index in [1.165, 1.54) is 6.07 Å². The molecule has 2 saturated carbocycles. The van der Waals surface area contributed by atoms with E-state index in [1.807, 2.05) is 0 Å². The standard InChI is InChI=1S/C34H27ClF8N8O5S/c35-19-3-4-21(29-27(19)32(47-49(29)11-22(38)39)48-57(55,56)16-1-2-16)51-25(54)10-23(52)45-33(51)20(7-13-5-14(36)8-15(37)6-13)44-24(53)12-50-30-26(28(46-50)31(40)41)17-9-18(17)34(30,42)43/h3-6,8,10,16-18,20,22,31,52H,1-2,7,9,11-12H2,(H,44,53)(H,47,48)/t17-,18+,20-/m0/s1. The van der Waals surface area contributed by atoms with Gasteiger partial charge in [0.25, 0.3) is 24.3 Å². The maximum atomic E-state index is 15.3. The lowest BCUT2D eigenvalue weighted by Crippen LogP contribution is -2.38. The van der Waals surface area contributed by atoms with Crippen molar-refractivity contribution in [3.05, 3.63) is 91.7 Å². The zero-order chi connectivity index (χ0) is 40.9. The number of sulfonamides is 1. The Morgan fingerprint density at radius 1 is 1.04 bits per heavy atom. The molecule has 23 heteroatoms. The first-order chi connectivity index (χ1) is 26.8. The number of nitrogens with zero attached hydrogens (tertiary/aromatic N) is 6. The third-order valence-corrected chi connectivity index (χ3v) is 12.1. The number of carbonyl (C=O) groups excluding carboxylic acids is 1. The van der Waals surface area contributed by atoms with Crippen molar-refractivity contribution in [2.24, 2.45) is 5.92 Å². The molecule has 3 heterocycles. The minimum absolute atomic E-state index is 0.0490. The van der Waals surface area contributed by atoms with Gasteiger partial charge in [0, 0.05) is 24.0 Å². The number of carbonyl (C=O) groups is 1. The predicted octanol–water partition coefficient (Wildman–Crippen LogP) is 5.83. The molecule has 13 nitrogen and oxygen atoms in total. The molecule has 8 rings (SSSR count). The van der Waals surface area contributed by atoms with E-state index in [4.69, 9.17) is 11.6 Å². The summed E-state index contributed by atoms with van der Waals surface area (Å²) in [6.45, 7) is -2.24. The Morgan fingerprint density at radius 3 is 2.39 bits per heavy atom. The number of benzene rings is 2. The van der Waals surface area contributed by atoms with Crippen LogP contribution < -0.4 is 15.6 Å². The first kappa shape index (κ1) is 38.6. The number of amides is 1. The smallest absolute Gasteiger partial charge is 0.293 e. The van der Waals surface area contributed by atoms with Crippen LogP contribution in [0.2, 0.25) is 5.02 Å². The van der Waals surface area contributed by atoms with Crippen LogP contribution >= 0.6 is 11.6 Å². The van der Waals surface area contributed by atoms with Crippen molar-refractivity contribution in [1.29, 1.82) is 0 Å². The van der Waals surface area contributed by atoms with Gasteiger partial charge in [0.15, 0.2) is 5.82 Å². The van der Waals surface area contributed by atoms with Gasteiger partial charge in [0.05, 0.1) is 39.0 Å². The largest absolute Gasteiger partial charge is 0.493 e. The van der Waals surface area contributed by atoms with Crippen LogP contribution in [0.1, 0.15) is 66.0 Å². The molecular weight excluding hydrogens is 820 g/mol. The summed E-state index contributed by atoms with van der Waals surface area (Å²) in [5, 5.41) is 19.4. The molecular formula is C34H27ClF8N8O5S. The highest BCUT2D eigenvalue weighted by atomic mass is 35.5. The van der Waals surface area contributed by atoms with E-state index in [0.29, 0.717) is 38.9 Å². The summed E-state index contributed by atoms with van der Waals surface area (Å²) >= 11 is 6.48. The number of hydrogen-bond donors (Lipinski definition) is 3. The van der Waals surface area contributed by atoms with Crippen molar-refractivity contribution >= 4 is 44.3 Å². The van der Waals surface area contributed by atoms with Crippen LogP contribution in [0.5, 0.6) is 5.88 Å². The molecule has 3 aromatic heterocycles. The van der Waals surface area contributed by atoms with E-state index in [1.54, 1.807) is 0 Å². The Hall–Kier alpha value is -5.25. The number of nitrogens with one attached hydrogen (secondary N) is 2. The molecule has 57 heavy (non-hydrogen) atoms. The molecule has 0 spiro atoms. The second-order valence-corrected chi connectivity index (χ2v) is 16.4. The van der Waals surface area contributed by atoms with Crippen molar-refractivity contribution < 1.29 is 53.4 Å². The molecule has 3 aliphatic rings.